The van der Waals surface area contributed by atoms with Gasteiger partial charge >= 0.3 is 5.69 Å². The van der Waals surface area contributed by atoms with Crippen molar-refractivity contribution in [2.75, 3.05) is 0 Å². The van der Waals surface area contributed by atoms with E-state index in [1.54, 1.807) is 0 Å². The second-order valence-corrected chi connectivity index (χ2v) is 4.70. The highest BCUT2D eigenvalue weighted by Gasteiger charge is 2.25. The summed E-state index contributed by atoms with van der Waals surface area (Å²) in [7, 11) is 0. The Labute approximate surface area is 117 Å². The predicted molar refractivity (Wildman–Crippen MR) is 66.2 cm³/mol. The highest BCUT2D eigenvalue weighted by atomic mass is 19.1. The summed E-state index contributed by atoms with van der Waals surface area (Å²) in [6, 6.07) is 1.71. The van der Waals surface area contributed by atoms with Crippen LogP contribution < -0.4 is 5.32 Å². The molecule has 1 heterocycles. The number of nitrogens with one attached hydrogen (secondary N) is 1. The molecule has 0 saturated heterocycles. The molecule has 9 heteroatoms. The SMILES string of the molecule is O=[N+]([O-])c1cc(F)cc(-c2nnc(CNC3CC3)o2)c1F. The molecule has 1 N–H and O–H groups in total. The summed E-state index contributed by atoms with van der Waals surface area (Å²) in [5.41, 5.74) is -1.40. The lowest BCUT2D eigenvalue weighted by atomic mass is 10.2. The van der Waals surface area contributed by atoms with Crippen LogP contribution in [0.1, 0.15) is 18.7 Å². The molecule has 1 saturated carbocycles. The molecule has 0 unspecified atom stereocenters. The molecule has 1 aliphatic rings. The van der Waals surface area contributed by atoms with Crippen LogP contribution in [0, 0.1) is 21.7 Å². The molecule has 1 aromatic carbocycles. The second-order valence-electron chi connectivity index (χ2n) is 4.70. The van der Waals surface area contributed by atoms with Crippen molar-refractivity contribution < 1.29 is 18.1 Å². The molecule has 0 radical (unpaired) electrons. The van der Waals surface area contributed by atoms with Gasteiger partial charge < -0.3 is 9.73 Å². The van der Waals surface area contributed by atoms with Crippen LogP contribution in [0.3, 0.4) is 0 Å². The summed E-state index contributed by atoms with van der Waals surface area (Å²) >= 11 is 0. The Morgan fingerprint density at radius 2 is 2.14 bits per heavy atom. The quantitative estimate of drug-likeness (QED) is 0.671. The summed E-state index contributed by atoms with van der Waals surface area (Å²) in [6.45, 7) is 0.316. The van der Waals surface area contributed by atoms with Crippen molar-refractivity contribution in [1.29, 1.82) is 0 Å². The van der Waals surface area contributed by atoms with Crippen molar-refractivity contribution in [3.8, 4) is 11.5 Å². The van der Waals surface area contributed by atoms with Crippen LogP contribution in [0.5, 0.6) is 0 Å². The first-order valence-electron chi connectivity index (χ1n) is 6.24. The average molecular weight is 296 g/mol. The Balaban J connectivity index is 1.90. The van der Waals surface area contributed by atoms with Gasteiger partial charge in [0.1, 0.15) is 5.82 Å². The van der Waals surface area contributed by atoms with E-state index < -0.39 is 27.8 Å². The molecule has 1 aromatic heterocycles. The maximum Gasteiger partial charge on any atom is 0.308 e. The molecular formula is C12H10F2N4O3. The number of rotatable bonds is 5. The smallest absolute Gasteiger partial charge is 0.308 e. The van der Waals surface area contributed by atoms with E-state index in [-0.39, 0.29) is 11.8 Å². The molecule has 2 aromatic rings. The molecule has 0 spiro atoms. The van der Waals surface area contributed by atoms with Gasteiger partial charge in [0.05, 0.1) is 23.1 Å². The summed E-state index contributed by atoms with van der Waals surface area (Å²) in [5, 5.41) is 21.1. The maximum atomic E-state index is 14.0. The molecule has 1 aliphatic carbocycles. The molecule has 0 amide bonds. The van der Waals surface area contributed by atoms with Gasteiger partial charge in [-0.15, -0.1) is 10.2 Å². The van der Waals surface area contributed by atoms with Crippen molar-refractivity contribution in [3.63, 3.8) is 0 Å². The van der Waals surface area contributed by atoms with Gasteiger partial charge in [-0.2, -0.15) is 4.39 Å². The third-order valence-corrected chi connectivity index (χ3v) is 3.03. The Bertz CT molecular complexity index is 700. The van der Waals surface area contributed by atoms with Crippen LogP contribution in [-0.2, 0) is 6.54 Å². The number of benzene rings is 1. The Kier molecular flexibility index (Phi) is 3.34. The minimum absolute atomic E-state index is 0.211. The molecular weight excluding hydrogens is 286 g/mol. The second kappa shape index (κ2) is 5.17. The first-order valence-corrected chi connectivity index (χ1v) is 6.24. The number of aromatic nitrogens is 2. The monoisotopic (exact) mass is 296 g/mol. The standard InChI is InChI=1S/C12H10F2N4O3/c13-6-3-8(11(14)9(4-6)18(19)20)12-17-16-10(21-12)5-15-7-1-2-7/h3-4,7,15H,1-2,5H2. The normalized spacial score (nSPS) is 14.4. The van der Waals surface area contributed by atoms with Crippen molar-refractivity contribution in [1.82, 2.24) is 15.5 Å². The van der Waals surface area contributed by atoms with E-state index in [0.717, 1.165) is 18.9 Å². The van der Waals surface area contributed by atoms with Gasteiger partial charge in [0.15, 0.2) is 0 Å². The van der Waals surface area contributed by atoms with Crippen LogP contribution in [0.2, 0.25) is 0 Å². The van der Waals surface area contributed by atoms with Gasteiger partial charge in [0, 0.05) is 6.04 Å². The predicted octanol–water partition coefficient (Wildman–Crippen LogP) is 2.17. The first-order chi connectivity index (χ1) is 10.0. The highest BCUT2D eigenvalue weighted by Crippen LogP contribution is 2.29. The van der Waals surface area contributed by atoms with Crippen LogP contribution in [0.25, 0.3) is 11.5 Å². The van der Waals surface area contributed by atoms with Crippen LogP contribution in [0.4, 0.5) is 14.5 Å². The van der Waals surface area contributed by atoms with E-state index in [2.05, 4.69) is 15.5 Å². The Hall–Kier alpha value is -2.42. The number of halogens is 2. The lowest BCUT2D eigenvalue weighted by Gasteiger charge is -2.00. The van der Waals surface area contributed by atoms with E-state index in [9.17, 15) is 18.9 Å². The van der Waals surface area contributed by atoms with Gasteiger partial charge in [-0.1, -0.05) is 0 Å². The molecule has 3 rings (SSSR count). The Morgan fingerprint density at radius 1 is 1.38 bits per heavy atom. The van der Waals surface area contributed by atoms with Gasteiger partial charge in [-0.3, -0.25) is 10.1 Å². The van der Waals surface area contributed by atoms with Gasteiger partial charge in [0.2, 0.25) is 11.7 Å². The third-order valence-electron chi connectivity index (χ3n) is 3.03. The third kappa shape index (κ3) is 2.87. The average Bonchev–Trinajstić information content (AvgIpc) is 3.16. The molecule has 110 valence electrons. The van der Waals surface area contributed by atoms with Gasteiger partial charge in [-0.25, -0.2) is 4.39 Å². The summed E-state index contributed by atoms with van der Waals surface area (Å²) in [6.07, 6.45) is 2.15. The zero-order valence-corrected chi connectivity index (χ0v) is 10.7. The number of nitro benzene ring substituents is 1. The van der Waals surface area contributed by atoms with Crippen molar-refractivity contribution >= 4 is 5.69 Å². The van der Waals surface area contributed by atoms with Crippen LogP contribution in [0.15, 0.2) is 16.5 Å². The lowest BCUT2D eigenvalue weighted by molar-refractivity contribution is -0.387. The van der Waals surface area contributed by atoms with Gasteiger partial charge in [-0.05, 0) is 18.9 Å². The van der Waals surface area contributed by atoms with Crippen LogP contribution in [-0.4, -0.2) is 21.2 Å². The first kappa shape index (κ1) is 13.6. The lowest BCUT2D eigenvalue weighted by Crippen LogP contribution is -2.15. The summed E-state index contributed by atoms with van der Waals surface area (Å²) in [4.78, 5) is 9.66. The van der Waals surface area contributed by atoms with Gasteiger partial charge in [0.25, 0.3) is 5.89 Å². The topological polar surface area (TPSA) is 94.1 Å². The molecule has 0 bridgehead atoms. The van der Waals surface area contributed by atoms with Crippen molar-refractivity contribution in [2.45, 2.75) is 25.4 Å². The molecule has 0 aliphatic heterocycles. The van der Waals surface area contributed by atoms with E-state index in [0.29, 0.717) is 18.7 Å². The van der Waals surface area contributed by atoms with Crippen LogP contribution >= 0.6 is 0 Å². The maximum absolute atomic E-state index is 14.0. The summed E-state index contributed by atoms with van der Waals surface area (Å²) < 4.78 is 32.5. The van der Waals surface area contributed by atoms with E-state index in [4.69, 9.17) is 4.42 Å². The summed E-state index contributed by atoms with van der Waals surface area (Å²) in [5.74, 6) is -2.23. The number of nitrogens with zero attached hydrogens (tertiary/aromatic N) is 3. The van der Waals surface area contributed by atoms with E-state index in [1.165, 1.54) is 0 Å². The van der Waals surface area contributed by atoms with E-state index in [1.807, 2.05) is 0 Å². The number of nitro groups is 1. The Morgan fingerprint density at radius 3 is 2.81 bits per heavy atom. The highest BCUT2D eigenvalue weighted by molar-refractivity contribution is 5.59. The minimum atomic E-state index is -1.20. The molecule has 21 heavy (non-hydrogen) atoms. The fourth-order valence-corrected chi connectivity index (χ4v) is 1.82. The van der Waals surface area contributed by atoms with Crippen molar-refractivity contribution in [2.24, 2.45) is 0 Å². The molecule has 1 fully saturated rings. The fourth-order valence-electron chi connectivity index (χ4n) is 1.82. The fraction of sp³-hybridized carbons (Fsp3) is 0.333. The zero-order valence-electron chi connectivity index (χ0n) is 10.7. The zero-order chi connectivity index (χ0) is 15.0. The molecule has 0 atom stereocenters. The number of hydrogen-bond donors (Lipinski definition) is 1. The largest absolute Gasteiger partial charge is 0.419 e. The van der Waals surface area contributed by atoms with E-state index >= 15 is 0 Å². The number of hydrogen-bond acceptors (Lipinski definition) is 6. The van der Waals surface area contributed by atoms with Crippen molar-refractivity contribution in [3.05, 3.63) is 39.8 Å². The minimum Gasteiger partial charge on any atom is -0.419 e. The molecule has 7 nitrogen and oxygen atoms in total.